The highest BCUT2D eigenvalue weighted by molar-refractivity contribution is 5.40. The van der Waals surface area contributed by atoms with Gasteiger partial charge in [0, 0.05) is 12.6 Å². The molecule has 0 radical (unpaired) electrons. The summed E-state index contributed by atoms with van der Waals surface area (Å²) in [6, 6.07) is 8.00. The topological polar surface area (TPSA) is 30.5 Å². The van der Waals surface area contributed by atoms with Crippen molar-refractivity contribution in [2.45, 2.75) is 19.1 Å². The van der Waals surface area contributed by atoms with Crippen molar-refractivity contribution in [2.75, 3.05) is 13.2 Å². The van der Waals surface area contributed by atoms with E-state index in [0.29, 0.717) is 6.61 Å². The van der Waals surface area contributed by atoms with Crippen molar-refractivity contribution >= 4 is 0 Å². The summed E-state index contributed by atoms with van der Waals surface area (Å²) in [5, 5.41) is 3.31. The van der Waals surface area contributed by atoms with E-state index >= 15 is 0 Å². The Balaban J connectivity index is 1.99. The molecule has 1 N–H and O–H groups in total. The molecule has 1 aromatic rings. The number of hydrogen-bond donors (Lipinski definition) is 1. The molecule has 0 amide bonds. The molecule has 1 aromatic carbocycles. The third kappa shape index (κ3) is 2.36. The van der Waals surface area contributed by atoms with Crippen LogP contribution < -0.4 is 14.8 Å². The average molecular weight is 219 g/mol. The second-order valence-corrected chi connectivity index (χ2v) is 3.90. The number of rotatable bonds is 4. The van der Waals surface area contributed by atoms with E-state index in [-0.39, 0.29) is 12.1 Å². The van der Waals surface area contributed by atoms with Crippen LogP contribution in [0.4, 0.5) is 0 Å². The minimum absolute atomic E-state index is 0.0508. The van der Waals surface area contributed by atoms with Crippen molar-refractivity contribution in [3.05, 3.63) is 36.9 Å². The Labute approximate surface area is 96.1 Å². The van der Waals surface area contributed by atoms with Gasteiger partial charge in [0.2, 0.25) is 0 Å². The second kappa shape index (κ2) is 5.03. The third-order valence-corrected chi connectivity index (χ3v) is 2.67. The predicted molar refractivity (Wildman–Crippen MR) is 64.0 cm³/mol. The van der Waals surface area contributed by atoms with Crippen LogP contribution in [0.5, 0.6) is 11.5 Å². The second-order valence-electron chi connectivity index (χ2n) is 3.90. The summed E-state index contributed by atoms with van der Waals surface area (Å²) in [4.78, 5) is 0. The molecular weight excluding hydrogens is 202 g/mol. The largest absolute Gasteiger partial charge is 0.486 e. The molecule has 0 aliphatic carbocycles. The fraction of sp³-hybridized carbons (Fsp3) is 0.385. The number of para-hydroxylation sites is 2. The van der Waals surface area contributed by atoms with Crippen molar-refractivity contribution in [1.29, 1.82) is 0 Å². The predicted octanol–water partition coefficient (Wildman–Crippen LogP) is 1.99. The zero-order valence-electron chi connectivity index (χ0n) is 9.48. The molecule has 0 spiro atoms. The van der Waals surface area contributed by atoms with Crippen LogP contribution in [0.3, 0.4) is 0 Å². The van der Waals surface area contributed by atoms with Crippen LogP contribution in [-0.2, 0) is 0 Å². The van der Waals surface area contributed by atoms with Gasteiger partial charge in [0.15, 0.2) is 11.5 Å². The molecule has 0 unspecified atom stereocenters. The molecule has 1 aliphatic heterocycles. The summed E-state index contributed by atoms with van der Waals surface area (Å²) in [5.74, 6) is 1.65. The molecule has 0 saturated carbocycles. The van der Waals surface area contributed by atoms with Gasteiger partial charge in [-0.05, 0) is 19.1 Å². The Morgan fingerprint density at radius 2 is 2.25 bits per heavy atom. The van der Waals surface area contributed by atoms with E-state index < -0.39 is 0 Å². The fourth-order valence-corrected chi connectivity index (χ4v) is 1.68. The lowest BCUT2D eigenvalue weighted by Gasteiger charge is -2.30. The molecule has 3 heteroatoms. The molecule has 2 rings (SSSR count). The van der Waals surface area contributed by atoms with Crippen molar-refractivity contribution in [2.24, 2.45) is 0 Å². The molecule has 0 fully saturated rings. The van der Waals surface area contributed by atoms with Gasteiger partial charge < -0.3 is 14.8 Å². The SMILES string of the molecule is C=CCN[C@H](C)[C@H]1COc2ccccc2O1. The summed E-state index contributed by atoms with van der Waals surface area (Å²) in [6.45, 7) is 7.13. The van der Waals surface area contributed by atoms with Gasteiger partial charge in [-0.1, -0.05) is 18.2 Å². The van der Waals surface area contributed by atoms with Crippen LogP contribution in [0, 0.1) is 0 Å². The van der Waals surface area contributed by atoms with Crippen LogP contribution >= 0.6 is 0 Å². The van der Waals surface area contributed by atoms with Crippen molar-refractivity contribution in [3.8, 4) is 11.5 Å². The Morgan fingerprint density at radius 3 is 3.00 bits per heavy atom. The Kier molecular flexibility index (Phi) is 3.47. The average Bonchev–Trinajstić information content (AvgIpc) is 2.35. The summed E-state index contributed by atoms with van der Waals surface area (Å²) in [5.41, 5.74) is 0. The van der Waals surface area contributed by atoms with Crippen molar-refractivity contribution in [1.82, 2.24) is 5.32 Å². The number of hydrogen-bond acceptors (Lipinski definition) is 3. The monoisotopic (exact) mass is 219 g/mol. The first-order valence-electron chi connectivity index (χ1n) is 5.54. The van der Waals surface area contributed by atoms with Gasteiger partial charge in [0.05, 0.1) is 0 Å². The summed E-state index contributed by atoms with van der Waals surface area (Å²) < 4.78 is 11.5. The van der Waals surface area contributed by atoms with Crippen LogP contribution in [0.1, 0.15) is 6.92 Å². The van der Waals surface area contributed by atoms with Gasteiger partial charge >= 0.3 is 0 Å². The van der Waals surface area contributed by atoms with E-state index in [4.69, 9.17) is 9.47 Å². The third-order valence-electron chi connectivity index (χ3n) is 2.67. The summed E-state index contributed by atoms with van der Waals surface area (Å²) >= 11 is 0. The molecule has 86 valence electrons. The van der Waals surface area contributed by atoms with Gasteiger partial charge in [-0.3, -0.25) is 0 Å². The highest BCUT2D eigenvalue weighted by atomic mass is 16.6. The van der Waals surface area contributed by atoms with E-state index in [9.17, 15) is 0 Å². The van der Waals surface area contributed by atoms with Crippen LogP contribution in [-0.4, -0.2) is 25.3 Å². The van der Waals surface area contributed by atoms with Crippen molar-refractivity contribution in [3.63, 3.8) is 0 Å². The van der Waals surface area contributed by atoms with E-state index in [1.807, 2.05) is 30.3 Å². The van der Waals surface area contributed by atoms with Gasteiger partial charge in [-0.25, -0.2) is 0 Å². The van der Waals surface area contributed by atoms with Gasteiger partial charge in [-0.2, -0.15) is 0 Å². The molecule has 3 nitrogen and oxygen atoms in total. The van der Waals surface area contributed by atoms with Gasteiger partial charge in [-0.15, -0.1) is 6.58 Å². The lowest BCUT2D eigenvalue weighted by atomic mass is 10.1. The van der Waals surface area contributed by atoms with Crippen LogP contribution in [0.2, 0.25) is 0 Å². The van der Waals surface area contributed by atoms with Crippen LogP contribution in [0.25, 0.3) is 0 Å². The maximum Gasteiger partial charge on any atom is 0.161 e. The smallest absolute Gasteiger partial charge is 0.161 e. The minimum Gasteiger partial charge on any atom is -0.486 e. The highest BCUT2D eigenvalue weighted by Gasteiger charge is 2.25. The van der Waals surface area contributed by atoms with E-state index in [1.165, 1.54) is 0 Å². The summed E-state index contributed by atoms with van der Waals surface area (Å²) in [6.07, 6.45) is 1.89. The number of ether oxygens (including phenoxy) is 2. The molecule has 0 aromatic heterocycles. The highest BCUT2D eigenvalue weighted by Crippen LogP contribution is 2.31. The normalized spacial score (nSPS) is 20.2. The molecule has 1 aliphatic rings. The quantitative estimate of drug-likeness (QED) is 0.786. The zero-order valence-corrected chi connectivity index (χ0v) is 9.48. The van der Waals surface area contributed by atoms with E-state index in [2.05, 4.69) is 18.8 Å². The number of benzene rings is 1. The van der Waals surface area contributed by atoms with Crippen LogP contribution in [0.15, 0.2) is 36.9 Å². The van der Waals surface area contributed by atoms with Gasteiger partial charge in [0.25, 0.3) is 0 Å². The Morgan fingerprint density at radius 1 is 1.50 bits per heavy atom. The first-order chi connectivity index (χ1) is 7.81. The Bertz CT molecular complexity index is 365. The molecule has 0 bridgehead atoms. The lowest BCUT2D eigenvalue weighted by molar-refractivity contribution is 0.0677. The maximum atomic E-state index is 5.87. The molecule has 0 saturated heterocycles. The molecule has 1 heterocycles. The maximum absolute atomic E-state index is 5.87. The number of nitrogens with one attached hydrogen (secondary N) is 1. The zero-order chi connectivity index (χ0) is 11.4. The lowest BCUT2D eigenvalue weighted by Crippen LogP contribution is -2.46. The first kappa shape index (κ1) is 11.0. The Hall–Kier alpha value is -1.48. The molecule has 16 heavy (non-hydrogen) atoms. The first-order valence-corrected chi connectivity index (χ1v) is 5.54. The van der Waals surface area contributed by atoms with E-state index in [0.717, 1.165) is 18.0 Å². The number of fused-ring (bicyclic) bond motifs is 1. The molecular formula is C13H17NO2. The van der Waals surface area contributed by atoms with Gasteiger partial charge in [0.1, 0.15) is 12.7 Å². The fourth-order valence-electron chi connectivity index (χ4n) is 1.68. The minimum atomic E-state index is 0.0508. The summed E-state index contributed by atoms with van der Waals surface area (Å²) in [7, 11) is 0. The van der Waals surface area contributed by atoms with Crippen molar-refractivity contribution < 1.29 is 9.47 Å². The molecule has 2 atom stereocenters. The standard InChI is InChI=1S/C13H17NO2/c1-3-8-14-10(2)13-9-15-11-6-4-5-7-12(11)16-13/h3-7,10,13-14H,1,8-9H2,2H3/t10-,13-/m1/s1. The van der Waals surface area contributed by atoms with E-state index in [1.54, 1.807) is 0 Å².